The van der Waals surface area contributed by atoms with Gasteiger partial charge in [-0.15, -0.1) is 0 Å². The maximum Gasteiger partial charge on any atom is 0.293 e. The van der Waals surface area contributed by atoms with Crippen LogP contribution in [0.1, 0.15) is 0 Å². The van der Waals surface area contributed by atoms with Gasteiger partial charge in [0.25, 0.3) is 5.69 Å². The van der Waals surface area contributed by atoms with Gasteiger partial charge in [0.2, 0.25) is 0 Å². The Kier molecular flexibility index (Phi) is 4.19. The van der Waals surface area contributed by atoms with Crippen molar-refractivity contribution in [3.8, 4) is 0 Å². The van der Waals surface area contributed by atoms with E-state index in [1.807, 2.05) is 0 Å². The molecule has 1 rings (SSSR count). The monoisotopic (exact) mass is 200 g/mol. The summed E-state index contributed by atoms with van der Waals surface area (Å²) in [5.41, 5.74) is 5.26. The lowest BCUT2D eigenvalue weighted by Gasteiger charge is -1.95. The smallest absolute Gasteiger partial charge is 0.293 e. The van der Waals surface area contributed by atoms with Gasteiger partial charge in [-0.1, -0.05) is 11.6 Å². The van der Waals surface area contributed by atoms with E-state index in [1.54, 1.807) is 0 Å². The molecule has 0 aliphatic rings. The summed E-state index contributed by atoms with van der Waals surface area (Å²) in [5.74, 6) is 0. The number of halogens is 1. The van der Waals surface area contributed by atoms with Crippen molar-refractivity contribution in [1.29, 1.82) is 10.8 Å². The molecule has 68 valence electrons. The van der Waals surface area contributed by atoms with E-state index >= 15 is 0 Å². The fraction of sp³-hybridized carbons (Fsp3) is 0. The molecule has 0 aliphatic carbocycles. The molecule has 7 heteroatoms. The highest BCUT2D eigenvalue weighted by Crippen LogP contribution is 2.24. The first-order chi connectivity index (χ1) is 6.11. The summed E-state index contributed by atoms with van der Waals surface area (Å²) in [5, 5.41) is 22.6. The molecule has 0 bridgehead atoms. The maximum atomic E-state index is 10.2. The number of nitrogens with zero attached hydrogens (tertiary/aromatic N) is 3. The molecular formula is C6H5ClN4O2. The number of nitrogen functional groups attached to an aromatic ring is 1. The van der Waals surface area contributed by atoms with Crippen LogP contribution in [0.25, 0.3) is 0 Å². The molecule has 1 aromatic rings. The average Bonchev–Trinajstić information content (AvgIpc) is 2.12. The summed E-state index contributed by atoms with van der Waals surface area (Å²) in [6.07, 6.45) is 0. The van der Waals surface area contributed by atoms with Crippen molar-refractivity contribution in [3.63, 3.8) is 0 Å². The van der Waals surface area contributed by atoms with E-state index in [0.717, 1.165) is 0 Å². The first-order valence-corrected chi connectivity index (χ1v) is 3.38. The Morgan fingerprint density at radius 3 is 2.38 bits per heavy atom. The largest absolute Gasteiger partial charge is 0.393 e. The van der Waals surface area contributed by atoms with E-state index in [4.69, 9.17) is 28.1 Å². The SMILES string of the molecule is N#N.Nc1ccc(Cl)cc1[N+](=O)[O-]. The predicted molar refractivity (Wildman–Crippen MR) is 46.0 cm³/mol. The van der Waals surface area contributed by atoms with Crippen LogP contribution in [0.2, 0.25) is 5.02 Å². The Bertz CT molecular complexity index is 339. The molecule has 0 aromatic heterocycles. The van der Waals surface area contributed by atoms with Crippen molar-refractivity contribution in [2.45, 2.75) is 0 Å². The lowest BCUT2D eigenvalue weighted by molar-refractivity contribution is -0.383. The number of nitro benzene ring substituents is 1. The molecule has 0 fully saturated rings. The van der Waals surface area contributed by atoms with Gasteiger partial charge in [-0.2, -0.15) is 0 Å². The second-order valence-electron chi connectivity index (χ2n) is 1.96. The maximum absolute atomic E-state index is 10.2. The zero-order chi connectivity index (χ0) is 10.4. The second kappa shape index (κ2) is 4.90. The first kappa shape index (κ1) is 11.1. The van der Waals surface area contributed by atoms with Crippen LogP contribution in [0, 0.1) is 20.9 Å². The van der Waals surface area contributed by atoms with Gasteiger partial charge in [-0.3, -0.25) is 10.1 Å². The predicted octanol–water partition coefficient (Wildman–Crippen LogP) is 1.86. The standard InChI is InChI=1S/C6H5ClN2O2.N2/c7-4-1-2-5(8)6(3-4)9(10)11;1-2/h1-3H,8H2;. The topological polar surface area (TPSA) is 117 Å². The highest BCUT2D eigenvalue weighted by atomic mass is 35.5. The zero-order valence-corrected chi connectivity index (χ0v) is 7.10. The van der Waals surface area contributed by atoms with Crippen molar-refractivity contribution >= 4 is 23.0 Å². The second-order valence-corrected chi connectivity index (χ2v) is 2.40. The van der Waals surface area contributed by atoms with E-state index in [0.29, 0.717) is 5.02 Å². The van der Waals surface area contributed by atoms with Crippen LogP contribution >= 0.6 is 11.6 Å². The van der Waals surface area contributed by atoms with Crippen LogP contribution in [-0.4, -0.2) is 4.92 Å². The van der Waals surface area contributed by atoms with Crippen molar-refractivity contribution in [1.82, 2.24) is 0 Å². The van der Waals surface area contributed by atoms with E-state index in [-0.39, 0.29) is 11.4 Å². The molecule has 13 heavy (non-hydrogen) atoms. The summed E-state index contributed by atoms with van der Waals surface area (Å²) >= 11 is 5.50. The minimum Gasteiger partial charge on any atom is -0.393 e. The Labute approximate surface area is 78.5 Å². The molecule has 0 radical (unpaired) electrons. The number of hydrogen-bond acceptors (Lipinski definition) is 5. The molecule has 0 spiro atoms. The van der Waals surface area contributed by atoms with Crippen molar-refractivity contribution in [3.05, 3.63) is 33.3 Å². The highest BCUT2D eigenvalue weighted by Gasteiger charge is 2.10. The minimum atomic E-state index is -0.568. The molecular weight excluding hydrogens is 196 g/mol. The molecule has 0 aliphatic heterocycles. The normalized spacial score (nSPS) is 8.23. The third kappa shape index (κ3) is 2.92. The molecule has 0 unspecified atom stereocenters. The van der Waals surface area contributed by atoms with Crippen LogP contribution < -0.4 is 5.73 Å². The van der Waals surface area contributed by atoms with Gasteiger partial charge >= 0.3 is 0 Å². The number of benzene rings is 1. The van der Waals surface area contributed by atoms with Gasteiger partial charge < -0.3 is 5.73 Å². The van der Waals surface area contributed by atoms with Gasteiger partial charge in [0.15, 0.2) is 0 Å². The summed E-state index contributed by atoms with van der Waals surface area (Å²) in [4.78, 5) is 9.67. The first-order valence-electron chi connectivity index (χ1n) is 3.00. The zero-order valence-electron chi connectivity index (χ0n) is 6.35. The van der Waals surface area contributed by atoms with E-state index in [1.165, 1.54) is 18.2 Å². The van der Waals surface area contributed by atoms with Crippen molar-refractivity contribution < 1.29 is 4.92 Å². The molecule has 0 atom stereocenters. The number of hydrogen-bond donors (Lipinski definition) is 1. The molecule has 2 N–H and O–H groups in total. The van der Waals surface area contributed by atoms with Crippen molar-refractivity contribution in [2.24, 2.45) is 0 Å². The summed E-state index contributed by atoms with van der Waals surface area (Å²) < 4.78 is 0. The van der Waals surface area contributed by atoms with Gasteiger partial charge in [-0.05, 0) is 12.1 Å². The molecule has 6 nitrogen and oxygen atoms in total. The molecule has 0 saturated carbocycles. The summed E-state index contributed by atoms with van der Waals surface area (Å²) in [6.45, 7) is 0. The van der Waals surface area contributed by atoms with Gasteiger partial charge in [0.05, 0.1) is 4.92 Å². The molecule has 0 amide bonds. The van der Waals surface area contributed by atoms with E-state index < -0.39 is 4.92 Å². The minimum absolute atomic E-state index is 0.124. The van der Waals surface area contributed by atoms with Crippen LogP contribution in [0.5, 0.6) is 0 Å². The highest BCUT2D eigenvalue weighted by molar-refractivity contribution is 6.30. The number of rotatable bonds is 1. The van der Waals surface area contributed by atoms with Gasteiger partial charge in [-0.25, -0.2) is 0 Å². The Morgan fingerprint density at radius 1 is 1.46 bits per heavy atom. The number of nitro groups is 1. The fourth-order valence-electron chi connectivity index (χ4n) is 0.675. The molecule has 0 heterocycles. The Balaban J connectivity index is 0.000000671. The van der Waals surface area contributed by atoms with Crippen LogP contribution in [0.15, 0.2) is 18.2 Å². The quantitative estimate of drug-likeness (QED) is 0.321. The molecule has 0 saturated heterocycles. The van der Waals surface area contributed by atoms with Crippen LogP contribution in [0.4, 0.5) is 11.4 Å². The third-order valence-electron chi connectivity index (χ3n) is 1.19. The number of anilines is 1. The summed E-state index contributed by atoms with van der Waals surface area (Å²) in [6, 6.07) is 4.13. The third-order valence-corrected chi connectivity index (χ3v) is 1.42. The van der Waals surface area contributed by atoms with Crippen LogP contribution in [-0.2, 0) is 0 Å². The molecule has 1 aromatic carbocycles. The average molecular weight is 201 g/mol. The van der Waals surface area contributed by atoms with Gasteiger partial charge in [0, 0.05) is 21.9 Å². The Hall–Kier alpha value is -1.87. The van der Waals surface area contributed by atoms with Gasteiger partial charge in [0.1, 0.15) is 5.69 Å². The Morgan fingerprint density at radius 2 is 2.00 bits per heavy atom. The fourth-order valence-corrected chi connectivity index (χ4v) is 0.841. The summed E-state index contributed by atoms with van der Waals surface area (Å²) in [7, 11) is 0. The van der Waals surface area contributed by atoms with Crippen molar-refractivity contribution in [2.75, 3.05) is 5.73 Å². The lowest BCUT2D eigenvalue weighted by Crippen LogP contribution is -1.94. The van der Waals surface area contributed by atoms with Crippen LogP contribution in [0.3, 0.4) is 0 Å². The van der Waals surface area contributed by atoms with E-state index in [2.05, 4.69) is 0 Å². The van der Waals surface area contributed by atoms with E-state index in [9.17, 15) is 10.1 Å². The number of nitrogens with two attached hydrogens (primary N) is 1. The lowest BCUT2D eigenvalue weighted by atomic mass is 10.3.